The van der Waals surface area contributed by atoms with Gasteiger partial charge in [-0.3, -0.25) is 9.59 Å². The molecule has 9 heteroatoms. The normalized spacial score (nSPS) is 16.4. The number of ether oxygens (including phenoxy) is 1. The number of rotatable bonds is 6. The smallest absolute Gasteiger partial charge is 0.306 e. The zero-order valence-corrected chi connectivity index (χ0v) is 16.6. The van der Waals surface area contributed by atoms with Crippen molar-refractivity contribution in [1.29, 1.82) is 0 Å². The molecule has 2 aromatic carbocycles. The Morgan fingerprint density at radius 1 is 1.21 bits per heavy atom. The van der Waals surface area contributed by atoms with Gasteiger partial charge in [-0.25, -0.2) is 4.99 Å². The van der Waals surface area contributed by atoms with Crippen molar-refractivity contribution in [2.45, 2.75) is 6.42 Å². The van der Waals surface area contributed by atoms with E-state index in [0.717, 1.165) is 5.56 Å². The fourth-order valence-electron chi connectivity index (χ4n) is 2.23. The van der Waals surface area contributed by atoms with Gasteiger partial charge in [0.25, 0.3) is 5.91 Å². The van der Waals surface area contributed by atoms with Gasteiger partial charge in [0.2, 0.25) is 0 Å². The number of halogens is 2. The monoisotopic (exact) mass is 436 g/mol. The Balaban J connectivity index is 1.68. The molecule has 2 N–H and O–H groups in total. The zero-order chi connectivity index (χ0) is 20.1. The van der Waals surface area contributed by atoms with E-state index in [9.17, 15) is 9.59 Å². The van der Waals surface area contributed by atoms with E-state index in [1.807, 2.05) is 0 Å². The first-order valence-electron chi connectivity index (χ1n) is 8.10. The maximum atomic E-state index is 12.2. The molecule has 144 valence electrons. The quantitative estimate of drug-likeness (QED) is 0.638. The average Bonchev–Trinajstić information content (AvgIpc) is 2.98. The Morgan fingerprint density at radius 2 is 1.96 bits per heavy atom. The molecular formula is C19H14Cl2N2O4S. The molecule has 1 aliphatic heterocycles. The van der Waals surface area contributed by atoms with Crippen LogP contribution in [0.3, 0.4) is 0 Å². The second kappa shape index (κ2) is 9.14. The van der Waals surface area contributed by atoms with Gasteiger partial charge in [-0.05, 0) is 53.7 Å². The fraction of sp³-hybridized carbons (Fsp3) is 0.105. The van der Waals surface area contributed by atoms with Crippen LogP contribution in [0.1, 0.15) is 12.0 Å². The molecule has 1 fully saturated rings. The number of aliphatic imine (C=N–C) groups is 1. The number of aliphatic carboxylic acids is 1. The third kappa shape index (κ3) is 5.51. The second-order valence-corrected chi connectivity index (χ2v) is 7.51. The number of thioether (sulfide) groups is 1. The van der Waals surface area contributed by atoms with Crippen molar-refractivity contribution in [1.82, 2.24) is 5.32 Å². The number of nitrogens with zero attached hydrogens (tertiary/aromatic N) is 1. The lowest BCUT2D eigenvalue weighted by Crippen LogP contribution is -2.19. The largest absolute Gasteiger partial charge is 0.493 e. The van der Waals surface area contributed by atoms with Gasteiger partial charge in [0, 0.05) is 5.02 Å². The summed E-state index contributed by atoms with van der Waals surface area (Å²) in [5.74, 6) is -0.606. The van der Waals surface area contributed by atoms with Gasteiger partial charge in [0.15, 0.2) is 5.17 Å². The van der Waals surface area contributed by atoms with Crippen molar-refractivity contribution >= 4 is 63.8 Å². The molecule has 0 spiro atoms. The Labute approximate surface area is 175 Å². The molecule has 1 saturated heterocycles. The molecule has 0 radical (unpaired) electrons. The molecule has 1 heterocycles. The van der Waals surface area contributed by atoms with Crippen LogP contribution in [0.15, 0.2) is 52.4 Å². The summed E-state index contributed by atoms with van der Waals surface area (Å²) in [4.78, 5) is 27.5. The first kappa shape index (κ1) is 20.3. The number of nitrogens with one attached hydrogen (secondary N) is 1. The lowest BCUT2D eigenvalue weighted by atomic mass is 10.2. The van der Waals surface area contributed by atoms with E-state index >= 15 is 0 Å². The summed E-state index contributed by atoms with van der Waals surface area (Å²) in [6.45, 7) is 0.0983. The summed E-state index contributed by atoms with van der Waals surface area (Å²) < 4.78 is 5.34. The van der Waals surface area contributed by atoms with Crippen molar-refractivity contribution in [3.05, 3.63) is 63.0 Å². The van der Waals surface area contributed by atoms with Gasteiger partial charge in [-0.2, -0.15) is 0 Å². The topological polar surface area (TPSA) is 88.0 Å². The highest BCUT2D eigenvalue weighted by Gasteiger charge is 2.24. The number of amides is 1. The van der Waals surface area contributed by atoms with Crippen LogP contribution in [0.25, 0.3) is 6.08 Å². The number of carboxylic acids is 1. The summed E-state index contributed by atoms with van der Waals surface area (Å²) in [6.07, 6.45) is 1.66. The van der Waals surface area contributed by atoms with E-state index in [-0.39, 0.29) is 18.9 Å². The Bertz CT molecular complexity index is 974. The second-order valence-electron chi connectivity index (χ2n) is 5.64. The van der Waals surface area contributed by atoms with Crippen LogP contribution in [0.4, 0.5) is 5.69 Å². The molecule has 1 amide bonds. The number of carboxylic acid groups (broad SMARTS) is 1. The summed E-state index contributed by atoms with van der Waals surface area (Å²) in [7, 11) is 0. The predicted octanol–water partition coefficient (Wildman–Crippen LogP) is 4.74. The third-order valence-corrected chi connectivity index (χ3v) is 4.99. The Morgan fingerprint density at radius 3 is 2.64 bits per heavy atom. The summed E-state index contributed by atoms with van der Waals surface area (Å²) in [6, 6.07) is 11.9. The molecule has 0 atom stereocenters. The Hall–Kier alpha value is -2.48. The van der Waals surface area contributed by atoms with Gasteiger partial charge < -0.3 is 15.2 Å². The first-order chi connectivity index (χ1) is 13.4. The lowest BCUT2D eigenvalue weighted by Gasteiger charge is -2.04. The van der Waals surface area contributed by atoms with Crippen LogP contribution in [-0.2, 0) is 9.59 Å². The SMILES string of the molecule is O=C(O)CCOc1ccc(/C=C2/SC(=Nc3ccc(Cl)cc3Cl)NC2=O)cc1. The van der Waals surface area contributed by atoms with E-state index in [1.165, 1.54) is 11.8 Å². The van der Waals surface area contributed by atoms with Crippen molar-refractivity contribution < 1.29 is 19.4 Å². The minimum Gasteiger partial charge on any atom is -0.493 e. The Kier molecular flexibility index (Phi) is 6.61. The average molecular weight is 437 g/mol. The molecule has 2 aromatic rings. The molecule has 0 aliphatic carbocycles. The van der Waals surface area contributed by atoms with Crippen molar-refractivity contribution in [3.8, 4) is 5.75 Å². The maximum Gasteiger partial charge on any atom is 0.306 e. The molecule has 28 heavy (non-hydrogen) atoms. The van der Waals surface area contributed by atoms with E-state index < -0.39 is 5.97 Å². The van der Waals surface area contributed by atoms with Gasteiger partial charge in [-0.15, -0.1) is 0 Å². The van der Waals surface area contributed by atoms with Crippen LogP contribution in [0, 0.1) is 0 Å². The number of amidine groups is 1. The van der Waals surface area contributed by atoms with E-state index in [4.69, 9.17) is 33.0 Å². The zero-order valence-electron chi connectivity index (χ0n) is 14.3. The predicted molar refractivity (Wildman–Crippen MR) is 111 cm³/mol. The molecule has 1 aliphatic rings. The van der Waals surface area contributed by atoms with E-state index in [0.29, 0.717) is 31.6 Å². The van der Waals surface area contributed by atoms with Crippen molar-refractivity contribution in [3.63, 3.8) is 0 Å². The summed E-state index contributed by atoms with van der Waals surface area (Å²) in [5.41, 5.74) is 1.31. The third-order valence-electron chi connectivity index (χ3n) is 3.55. The number of carbonyl (C=O) groups excluding carboxylic acids is 1. The van der Waals surface area contributed by atoms with E-state index in [2.05, 4.69) is 10.3 Å². The number of hydrogen-bond donors (Lipinski definition) is 2. The van der Waals surface area contributed by atoms with Gasteiger partial charge in [0.1, 0.15) is 5.75 Å². The molecular weight excluding hydrogens is 423 g/mol. The maximum absolute atomic E-state index is 12.2. The standard InChI is InChI=1S/C19H14Cl2N2O4S/c20-12-3-6-15(14(21)10-12)22-19-23-18(26)16(28-19)9-11-1-4-13(5-2-11)27-8-7-17(24)25/h1-6,9-10H,7-8H2,(H,24,25)(H,22,23,26)/b16-9+. The highest BCUT2D eigenvalue weighted by Crippen LogP contribution is 2.32. The van der Waals surface area contributed by atoms with Crippen molar-refractivity contribution in [2.24, 2.45) is 4.99 Å². The number of carbonyl (C=O) groups is 2. The van der Waals surface area contributed by atoms with Gasteiger partial charge in [0.05, 0.1) is 28.6 Å². The molecule has 3 rings (SSSR count). The molecule has 0 bridgehead atoms. The van der Waals surface area contributed by atoms with Crippen LogP contribution in [0.2, 0.25) is 10.0 Å². The van der Waals surface area contributed by atoms with E-state index in [1.54, 1.807) is 48.5 Å². The number of benzene rings is 2. The van der Waals surface area contributed by atoms with Crippen LogP contribution in [0.5, 0.6) is 5.75 Å². The molecule has 0 saturated carbocycles. The number of hydrogen-bond acceptors (Lipinski definition) is 5. The molecule has 0 aromatic heterocycles. The summed E-state index contributed by atoms with van der Waals surface area (Å²) in [5, 5.41) is 12.6. The van der Waals surface area contributed by atoms with Crippen LogP contribution < -0.4 is 10.1 Å². The van der Waals surface area contributed by atoms with Crippen LogP contribution >= 0.6 is 35.0 Å². The summed E-state index contributed by atoms with van der Waals surface area (Å²) >= 11 is 13.2. The first-order valence-corrected chi connectivity index (χ1v) is 9.67. The molecule has 6 nitrogen and oxygen atoms in total. The van der Waals surface area contributed by atoms with Crippen molar-refractivity contribution in [2.75, 3.05) is 6.61 Å². The van der Waals surface area contributed by atoms with Gasteiger partial charge >= 0.3 is 5.97 Å². The minimum absolute atomic E-state index is 0.0671. The molecule has 0 unspecified atom stereocenters. The van der Waals surface area contributed by atoms with Crippen LogP contribution in [-0.4, -0.2) is 28.8 Å². The highest BCUT2D eigenvalue weighted by molar-refractivity contribution is 8.18. The minimum atomic E-state index is -0.914. The highest BCUT2D eigenvalue weighted by atomic mass is 35.5. The lowest BCUT2D eigenvalue weighted by molar-refractivity contribution is -0.137. The fourth-order valence-corrected chi connectivity index (χ4v) is 3.52. The van der Waals surface area contributed by atoms with Gasteiger partial charge in [-0.1, -0.05) is 35.3 Å².